The highest BCUT2D eigenvalue weighted by atomic mass is 16.6. The van der Waals surface area contributed by atoms with Gasteiger partial charge in [-0.3, -0.25) is 14.8 Å². The van der Waals surface area contributed by atoms with Crippen molar-refractivity contribution in [3.05, 3.63) is 34.2 Å². The van der Waals surface area contributed by atoms with Crippen LogP contribution in [0.5, 0.6) is 0 Å². The quantitative estimate of drug-likeness (QED) is 0.577. The molecule has 0 bridgehead atoms. The second-order valence-corrected chi connectivity index (χ2v) is 2.97. The van der Waals surface area contributed by atoms with Crippen molar-refractivity contribution in [3.63, 3.8) is 0 Å². The summed E-state index contributed by atoms with van der Waals surface area (Å²) in [5.41, 5.74) is -1.21. The monoisotopic (exact) mass is 239 g/mol. The summed E-state index contributed by atoms with van der Waals surface area (Å²) in [6.07, 6.45) is 2.09. The maximum absolute atomic E-state index is 10.7. The number of aromatic nitrogens is 4. The summed E-state index contributed by atoms with van der Waals surface area (Å²) < 4.78 is 5.53. The zero-order valence-corrected chi connectivity index (χ0v) is 8.18. The van der Waals surface area contributed by atoms with E-state index in [1.54, 1.807) is 0 Å². The molecule has 1 N–H and O–H groups in total. The Morgan fingerprint density at radius 3 is 2.88 bits per heavy atom. The van der Waals surface area contributed by atoms with Gasteiger partial charge in [0.05, 0.1) is 4.92 Å². The number of nitrogens with zero attached hydrogens (tertiary/aromatic N) is 5. The number of nitro groups is 1. The molecule has 0 aliphatic carbocycles. The van der Waals surface area contributed by atoms with Gasteiger partial charge in [-0.05, 0) is 0 Å². The minimum absolute atomic E-state index is 0.00931. The first-order chi connectivity index (χ1) is 8.08. The number of hydrogen-bond acceptors (Lipinski definition) is 7. The highest BCUT2D eigenvalue weighted by Gasteiger charge is 2.25. The topological polar surface area (TPSA) is 137 Å². The van der Waals surface area contributed by atoms with Crippen LogP contribution in [0.25, 0.3) is 0 Å². The highest BCUT2D eigenvalue weighted by molar-refractivity contribution is 5.89. The van der Waals surface area contributed by atoms with Crippen molar-refractivity contribution in [2.45, 2.75) is 6.54 Å². The summed E-state index contributed by atoms with van der Waals surface area (Å²) in [5, 5.41) is 26.3. The van der Waals surface area contributed by atoms with E-state index in [1.807, 2.05) is 0 Å². The van der Waals surface area contributed by atoms with Crippen molar-refractivity contribution >= 4 is 11.7 Å². The lowest BCUT2D eigenvalue weighted by Crippen LogP contribution is -2.05. The van der Waals surface area contributed by atoms with E-state index >= 15 is 0 Å². The number of carboxylic acid groups (broad SMARTS) is 1. The Morgan fingerprint density at radius 1 is 1.65 bits per heavy atom. The van der Waals surface area contributed by atoms with Gasteiger partial charge in [0.2, 0.25) is 12.1 Å². The first kappa shape index (κ1) is 10.7. The summed E-state index contributed by atoms with van der Waals surface area (Å²) >= 11 is 0. The van der Waals surface area contributed by atoms with Gasteiger partial charge in [0.15, 0.2) is 5.82 Å². The van der Waals surface area contributed by atoms with Crippen molar-refractivity contribution < 1.29 is 19.3 Å². The molecule has 0 aromatic carbocycles. The molecule has 0 unspecified atom stereocenters. The van der Waals surface area contributed by atoms with Crippen LogP contribution in [-0.4, -0.2) is 35.9 Å². The number of hydrogen-bond donors (Lipinski definition) is 1. The molecule has 0 aliphatic heterocycles. The van der Waals surface area contributed by atoms with E-state index in [-0.39, 0.29) is 12.4 Å². The first-order valence-corrected chi connectivity index (χ1v) is 4.28. The van der Waals surface area contributed by atoms with Gasteiger partial charge in [0.1, 0.15) is 12.7 Å². The lowest BCUT2D eigenvalue weighted by molar-refractivity contribution is -0.385. The van der Waals surface area contributed by atoms with Crippen LogP contribution in [0.2, 0.25) is 0 Å². The summed E-state index contributed by atoms with van der Waals surface area (Å²) in [6.45, 7) is -0.00931. The van der Waals surface area contributed by atoms with Crippen LogP contribution in [0, 0.1) is 10.1 Å². The number of rotatable bonds is 4. The van der Waals surface area contributed by atoms with E-state index in [4.69, 9.17) is 5.11 Å². The minimum Gasteiger partial charge on any atom is -0.476 e. The molecule has 0 aliphatic rings. The van der Waals surface area contributed by atoms with Crippen molar-refractivity contribution in [1.82, 2.24) is 19.9 Å². The Morgan fingerprint density at radius 2 is 2.41 bits per heavy atom. The molecule has 2 aromatic heterocycles. The van der Waals surface area contributed by atoms with E-state index in [9.17, 15) is 14.9 Å². The van der Waals surface area contributed by atoms with Crippen molar-refractivity contribution in [1.29, 1.82) is 0 Å². The molecule has 2 rings (SSSR count). The molecule has 0 spiro atoms. The second-order valence-electron chi connectivity index (χ2n) is 2.97. The molecule has 17 heavy (non-hydrogen) atoms. The average molecular weight is 239 g/mol. The molecule has 0 saturated heterocycles. The molecular weight excluding hydrogens is 234 g/mol. The zero-order valence-electron chi connectivity index (χ0n) is 8.18. The third-order valence-electron chi connectivity index (χ3n) is 1.85. The lowest BCUT2D eigenvalue weighted by atomic mass is 10.4. The van der Waals surface area contributed by atoms with Crippen molar-refractivity contribution in [2.24, 2.45) is 0 Å². The van der Waals surface area contributed by atoms with Crippen LogP contribution in [0.15, 0.2) is 17.1 Å². The molecule has 0 fully saturated rings. The van der Waals surface area contributed by atoms with E-state index in [2.05, 4.69) is 19.8 Å². The summed E-state index contributed by atoms with van der Waals surface area (Å²) in [5.74, 6) is -1.23. The largest absolute Gasteiger partial charge is 0.476 e. The summed E-state index contributed by atoms with van der Waals surface area (Å²) in [7, 11) is 0. The molecule has 2 heterocycles. The average Bonchev–Trinajstić information content (AvgIpc) is 2.86. The van der Waals surface area contributed by atoms with Crippen LogP contribution in [0.4, 0.5) is 5.69 Å². The summed E-state index contributed by atoms with van der Waals surface area (Å²) in [4.78, 5) is 24.2. The Labute approximate surface area is 92.6 Å². The fourth-order valence-electron chi connectivity index (χ4n) is 1.18. The minimum atomic E-state index is -1.47. The van der Waals surface area contributed by atoms with Gasteiger partial charge in [-0.2, -0.15) is 10.1 Å². The molecule has 0 saturated carbocycles. The molecule has 2 aromatic rings. The van der Waals surface area contributed by atoms with Gasteiger partial charge in [-0.15, -0.1) is 0 Å². The fourth-order valence-corrected chi connectivity index (χ4v) is 1.18. The second kappa shape index (κ2) is 4.00. The van der Waals surface area contributed by atoms with E-state index in [0.29, 0.717) is 0 Å². The number of carbonyl (C=O) groups is 1. The van der Waals surface area contributed by atoms with E-state index < -0.39 is 22.3 Å². The Bertz CT molecular complexity index is 528. The Hall–Kier alpha value is -2.78. The predicted octanol–water partition coefficient (Wildman–Crippen LogP) is -0.0792. The third-order valence-corrected chi connectivity index (χ3v) is 1.85. The normalized spacial score (nSPS) is 10.4. The fraction of sp³-hybridized carbons (Fsp3) is 0.143. The molecule has 0 amide bonds. The summed E-state index contributed by atoms with van der Waals surface area (Å²) in [6, 6.07) is 0. The molecule has 10 heteroatoms. The van der Waals surface area contributed by atoms with Gasteiger partial charge in [0, 0.05) is 0 Å². The van der Waals surface area contributed by atoms with Crippen LogP contribution in [-0.2, 0) is 6.54 Å². The van der Waals surface area contributed by atoms with Crippen molar-refractivity contribution in [3.8, 4) is 0 Å². The van der Waals surface area contributed by atoms with Crippen LogP contribution in [0.1, 0.15) is 16.3 Å². The third kappa shape index (κ3) is 2.09. The highest BCUT2D eigenvalue weighted by Crippen LogP contribution is 2.16. The number of carboxylic acids is 1. The van der Waals surface area contributed by atoms with Gasteiger partial charge >= 0.3 is 11.7 Å². The smallest absolute Gasteiger partial charge is 0.363 e. The van der Waals surface area contributed by atoms with Gasteiger partial charge < -0.3 is 9.63 Å². The first-order valence-electron chi connectivity index (χ1n) is 4.28. The zero-order chi connectivity index (χ0) is 12.4. The molecule has 0 atom stereocenters. The molecule has 88 valence electrons. The van der Waals surface area contributed by atoms with Gasteiger partial charge in [0.25, 0.3) is 0 Å². The molecule has 10 nitrogen and oxygen atoms in total. The predicted molar refractivity (Wildman–Crippen MR) is 49.2 cm³/mol. The molecule has 0 radical (unpaired) electrons. The van der Waals surface area contributed by atoms with E-state index in [0.717, 1.165) is 17.3 Å². The van der Waals surface area contributed by atoms with Gasteiger partial charge in [-0.1, -0.05) is 5.16 Å². The Balaban J connectivity index is 2.34. The maximum atomic E-state index is 10.7. The Kier molecular flexibility index (Phi) is 2.52. The van der Waals surface area contributed by atoms with Crippen LogP contribution < -0.4 is 0 Å². The van der Waals surface area contributed by atoms with Crippen LogP contribution >= 0.6 is 0 Å². The SMILES string of the molecule is O=C(O)c1nn(Cc2ncon2)cc1[N+](=O)[O-]. The number of aromatic carboxylic acids is 1. The maximum Gasteiger partial charge on any atom is 0.363 e. The standard InChI is InChI=1S/C7H5N5O5/c13-7(14)6-4(12(15)16)1-11(9-6)2-5-8-3-17-10-5/h1,3H,2H2,(H,13,14). The van der Waals surface area contributed by atoms with E-state index in [1.165, 1.54) is 0 Å². The lowest BCUT2D eigenvalue weighted by Gasteiger charge is -1.92. The van der Waals surface area contributed by atoms with Gasteiger partial charge in [-0.25, -0.2) is 4.79 Å². The van der Waals surface area contributed by atoms with Crippen LogP contribution in [0.3, 0.4) is 0 Å². The molecular formula is C7H5N5O5. The van der Waals surface area contributed by atoms with Crippen molar-refractivity contribution in [2.75, 3.05) is 0 Å².